The molecule has 0 saturated heterocycles. The van der Waals surface area contributed by atoms with Gasteiger partial charge >= 0.3 is 0 Å². The van der Waals surface area contributed by atoms with Crippen molar-refractivity contribution in [3.63, 3.8) is 0 Å². The number of benzene rings is 3. The number of rotatable bonds is 10. The smallest absolute Gasteiger partial charge is 0.185 e. The normalized spacial score (nSPS) is 15.7. The molecule has 2 atom stereocenters. The van der Waals surface area contributed by atoms with Crippen LogP contribution in [0.4, 0.5) is 0 Å². The molecule has 0 bridgehead atoms. The number of carbonyl (C=O) groups excluding carboxylic acids is 1. The molecule has 7 nitrogen and oxygen atoms in total. The first-order chi connectivity index (χ1) is 18.9. The second kappa shape index (κ2) is 11.9. The van der Waals surface area contributed by atoms with E-state index in [0.29, 0.717) is 18.7 Å². The predicted molar refractivity (Wildman–Crippen MR) is 150 cm³/mol. The van der Waals surface area contributed by atoms with Crippen molar-refractivity contribution in [2.24, 2.45) is 0 Å². The number of fused-ring (bicyclic) bond motifs is 1. The molecule has 1 aromatic heterocycles. The second-order valence-corrected chi connectivity index (χ2v) is 11.6. The van der Waals surface area contributed by atoms with Crippen molar-refractivity contribution in [2.45, 2.75) is 29.9 Å². The highest BCUT2D eigenvalue weighted by molar-refractivity contribution is 7.92. The van der Waals surface area contributed by atoms with Gasteiger partial charge in [-0.25, -0.2) is 8.42 Å². The molecular formula is C31H30N2O5S. The van der Waals surface area contributed by atoms with Crippen molar-refractivity contribution in [1.82, 2.24) is 10.3 Å². The number of Topliss-reactive ketones (excluding diaryl/α,β-unsaturated/α-hetero) is 1. The molecule has 1 aliphatic rings. The van der Waals surface area contributed by atoms with E-state index in [-0.39, 0.29) is 11.0 Å². The van der Waals surface area contributed by atoms with Crippen LogP contribution in [0.2, 0.25) is 0 Å². The lowest BCUT2D eigenvalue weighted by molar-refractivity contribution is 0.102. The SMILES string of the molecule is O=C(CS(=O)(=O)c1ccccc1)c1ccc(-c2ccc3c(c2)CCC(CNCC(O)c2cccnc2)O3)cc1. The number of hydrogen-bond acceptors (Lipinski definition) is 7. The number of aryl methyl sites for hydroxylation is 1. The Labute approximate surface area is 228 Å². The fourth-order valence-corrected chi connectivity index (χ4v) is 5.91. The number of nitrogens with one attached hydrogen (secondary N) is 1. The van der Waals surface area contributed by atoms with Gasteiger partial charge in [0.05, 0.1) is 11.0 Å². The number of nitrogens with zero attached hydrogens (tertiary/aromatic N) is 1. The van der Waals surface area contributed by atoms with Gasteiger partial charge in [-0.1, -0.05) is 54.6 Å². The summed E-state index contributed by atoms with van der Waals surface area (Å²) in [5.74, 6) is -0.148. The van der Waals surface area contributed by atoms with E-state index in [1.165, 1.54) is 12.1 Å². The standard InChI is InChI=1S/C31H30N2O5S/c34-29(26-5-4-16-32-18-26)20-33-19-27-14-12-25-17-24(13-15-31(25)38-27)22-8-10-23(11-9-22)30(35)21-39(36,37)28-6-2-1-3-7-28/h1-11,13,15-18,27,29,33-34H,12,14,19-21H2. The number of ketones is 1. The van der Waals surface area contributed by atoms with Gasteiger partial charge in [-0.15, -0.1) is 0 Å². The molecule has 8 heteroatoms. The van der Waals surface area contributed by atoms with Crippen molar-refractivity contribution in [2.75, 3.05) is 18.8 Å². The van der Waals surface area contributed by atoms with E-state index in [1.54, 1.807) is 42.7 Å². The number of pyridine rings is 1. The minimum absolute atomic E-state index is 0.0157. The summed E-state index contributed by atoms with van der Waals surface area (Å²) in [6.07, 6.45) is 4.47. The Hall–Kier alpha value is -3.85. The summed E-state index contributed by atoms with van der Waals surface area (Å²) in [5.41, 5.74) is 4.21. The Morgan fingerprint density at radius 1 is 1.00 bits per heavy atom. The highest BCUT2D eigenvalue weighted by atomic mass is 32.2. The van der Waals surface area contributed by atoms with Gasteiger partial charge in [0, 0.05) is 36.6 Å². The molecule has 0 saturated carbocycles. The zero-order valence-corrected chi connectivity index (χ0v) is 22.2. The number of hydrogen-bond donors (Lipinski definition) is 2. The van der Waals surface area contributed by atoms with Crippen LogP contribution in [0.25, 0.3) is 11.1 Å². The van der Waals surface area contributed by atoms with Crippen LogP contribution in [-0.4, -0.2) is 49.2 Å². The summed E-state index contributed by atoms with van der Waals surface area (Å²) in [7, 11) is -3.69. The quantitative estimate of drug-likeness (QED) is 0.286. The minimum atomic E-state index is -3.69. The summed E-state index contributed by atoms with van der Waals surface area (Å²) in [6, 6.07) is 24.8. The van der Waals surface area contributed by atoms with Gasteiger partial charge in [-0.3, -0.25) is 9.78 Å². The molecule has 39 heavy (non-hydrogen) atoms. The van der Waals surface area contributed by atoms with E-state index < -0.39 is 27.5 Å². The Morgan fingerprint density at radius 3 is 2.51 bits per heavy atom. The highest BCUT2D eigenvalue weighted by Gasteiger charge is 2.22. The van der Waals surface area contributed by atoms with Crippen LogP contribution in [0, 0.1) is 0 Å². The van der Waals surface area contributed by atoms with Gasteiger partial charge in [0.15, 0.2) is 15.6 Å². The first-order valence-corrected chi connectivity index (χ1v) is 14.5. The van der Waals surface area contributed by atoms with Crippen molar-refractivity contribution in [3.05, 3.63) is 114 Å². The number of carbonyl (C=O) groups is 1. The van der Waals surface area contributed by atoms with Gasteiger partial charge in [-0.05, 0) is 59.9 Å². The molecule has 2 heterocycles. The molecule has 5 rings (SSSR count). The maximum atomic E-state index is 12.7. The number of sulfone groups is 1. The van der Waals surface area contributed by atoms with Gasteiger partial charge < -0.3 is 15.2 Å². The third-order valence-corrected chi connectivity index (χ3v) is 8.46. The van der Waals surface area contributed by atoms with Crippen molar-refractivity contribution >= 4 is 15.6 Å². The Morgan fingerprint density at radius 2 is 1.77 bits per heavy atom. The maximum Gasteiger partial charge on any atom is 0.185 e. The first-order valence-electron chi connectivity index (χ1n) is 12.9. The van der Waals surface area contributed by atoms with Crippen molar-refractivity contribution in [1.29, 1.82) is 0 Å². The van der Waals surface area contributed by atoms with Crippen molar-refractivity contribution < 1.29 is 23.1 Å². The van der Waals surface area contributed by atoms with Crippen LogP contribution in [0.5, 0.6) is 5.75 Å². The maximum absolute atomic E-state index is 12.7. The number of aliphatic hydroxyl groups excluding tert-OH is 1. The number of aromatic nitrogens is 1. The minimum Gasteiger partial charge on any atom is -0.489 e. The average molecular weight is 543 g/mol. The molecule has 2 unspecified atom stereocenters. The van der Waals surface area contributed by atoms with E-state index in [9.17, 15) is 18.3 Å². The third kappa shape index (κ3) is 6.60. The molecule has 0 spiro atoms. The lowest BCUT2D eigenvalue weighted by Gasteiger charge is -2.27. The van der Waals surface area contributed by atoms with E-state index >= 15 is 0 Å². The molecule has 4 aromatic rings. The second-order valence-electron chi connectivity index (χ2n) is 9.63. The largest absolute Gasteiger partial charge is 0.489 e. The van der Waals surface area contributed by atoms with Gasteiger partial charge in [-0.2, -0.15) is 0 Å². The summed E-state index contributed by atoms with van der Waals surface area (Å²) in [6.45, 7) is 1.06. The zero-order chi connectivity index (χ0) is 27.2. The van der Waals surface area contributed by atoms with E-state index in [2.05, 4.69) is 16.4 Å². The molecule has 0 amide bonds. The third-order valence-electron chi connectivity index (χ3n) is 6.83. The summed E-state index contributed by atoms with van der Waals surface area (Å²) >= 11 is 0. The van der Waals surface area contributed by atoms with Crippen LogP contribution in [0.3, 0.4) is 0 Å². The van der Waals surface area contributed by atoms with E-state index in [4.69, 9.17) is 4.74 Å². The zero-order valence-electron chi connectivity index (χ0n) is 21.4. The van der Waals surface area contributed by atoms with E-state index in [1.807, 2.05) is 36.4 Å². The Balaban J connectivity index is 1.17. The van der Waals surface area contributed by atoms with Crippen LogP contribution in [0.1, 0.15) is 34.0 Å². The van der Waals surface area contributed by atoms with E-state index in [0.717, 1.165) is 40.8 Å². The van der Waals surface area contributed by atoms with Crippen LogP contribution >= 0.6 is 0 Å². The predicted octanol–water partition coefficient (Wildman–Crippen LogP) is 4.42. The highest BCUT2D eigenvalue weighted by Crippen LogP contribution is 2.32. The fourth-order valence-electron chi connectivity index (χ4n) is 4.66. The molecule has 1 aliphatic heterocycles. The fraction of sp³-hybridized carbons (Fsp3) is 0.226. The molecule has 2 N–H and O–H groups in total. The van der Waals surface area contributed by atoms with Crippen LogP contribution < -0.4 is 10.1 Å². The van der Waals surface area contributed by atoms with Gasteiger partial charge in [0.2, 0.25) is 0 Å². The van der Waals surface area contributed by atoms with Gasteiger partial charge in [0.25, 0.3) is 0 Å². The molecular weight excluding hydrogens is 512 g/mol. The topological polar surface area (TPSA) is 106 Å². The Kier molecular flexibility index (Phi) is 8.16. The summed E-state index contributed by atoms with van der Waals surface area (Å²) in [5, 5.41) is 13.6. The monoisotopic (exact) mass is 542 g/mol. The molecule has 3 aromatic carbocycles. The lowest BCUT2D eigenvalue weighted by atomic mass is 9.96. The summed E-state index contributed by atoms with van der Waals surface area (Å²) < 4.78 is 31.3. The average Bonchev–Trinajstić information content (AvgIpc) is 2.97. The van der Waals surface area contributed by atoms with Crippen molar-refractivity contribution in [3.8, 4) is 16.9 Å². The molecule has 200 valence electrons. The van der Waals surface area contributed by atoms with Gasteiger partial charge in [0.1, 0.15) is 17.6 Å². The lowest BCUT2D eigenvalue weighted by Crippen LogP contribution is -2.36. The summed E-state index contributed by atoms with van der Waals surface area (Å²) in [4.78, 5) is 16.9. The van der Waals surface area contributed by atoms with Crippen LogP contribution in [-0.2, 0) is 16.3 Å². The Bertz CT molecular complexity index is 1520. The molecule has 0 aliphatic carbocycles. The molecule has 0 fully saturated rings. The first kappa shape index (κ1) is 26.7. The number of aliphatic hydroxyl groups is 1. The van der Waals surface area contributed by atoms with Crippen LogP contribution in [0.15, 0.2) is 102 Å². The number of ether oxygens (including phenoxy) is 1. The molecule has 0 radical (unpaired) electrons.